The summed E-state index contributed by atoms with van der Waals surface area (Å²) in [7, 11) is 2.26. The first-order valence-corrected chi connectivity index (χ1v) is 7.64. The molecule has 0 radical (unpaired) electrons. The van der Waals surface area contributed by atoms with Crippen molar-refractivity contribution in [3.05, 3.63) is 34.9 Å². The summed E-state index contributed by atoms with van der Waals surface area (Å²) in [6.07, 6.45) is 2.56. The maximum Gasteiger partial charge on any atom is 0.0236 e. The fourth-order valence-electron chi connectivity index (χ4n) is 2.67. The summed E-state index contributed by atoms with van der Waals surface area (Å²) < 4.78 is 0. The van der Waals surface area contributed by atoms with Gasteiger partial charge in [-0.15, -0.1) is 0 Å². The van der Waals surface area contributed by atoms with Gasteiger partial charge in [0.15, 0.2) is 0 Å². The van der Waals surface area contributed by atoms with Gasteiger partial charge in [-0.1, -0.05) is 37.6 Å². The molecule has 2 nitrogen and oxygen atoms in total. The number of hydrogen-bond acceptors (Lipinski definition) is 2. The molecule has 1 N–H and O–H groups in total. The maximum absolute atomic E-state index is 3.43. The van der Waals surface area contributed by atoms with E-state index in [1.807, 2.05) is 13.8 Å². The lowest BCUT2D eigenvalue weighted by molar-refractivity contribution is 0.191. The predicted molar refractivity (Wildman–Crippen MR) is 84.6 cm³/mol. The maximum atomic E-state index is 3.43. The average molecular weight is 262 g/mol. The Bertz CT molecular complexity index is 368. The van der Waals surface area contributed by atoms with Gasteiger partial charge in [0.25, 0.3) is 0 Å². The summed E-state index contributed by atoms with van der Waals surface area (Å²) in [6, 6.07) is 7.53. The Morgan fingerprint density at radius 1 is 1.16 bits per heavy atom. The summed E-state index contributed by atoms with van der Waals surface area (Å²) in [5, 5.41) is 3.43. The second kappa shape index (κ2) is 8.34. The highest BCUT2D eigenvalue weighted by atomic mass is 15.1. The summed E-state index contributed by atoms with van der Waals surface area (Å²) in [5.74, 6) is 0. The molecule has 1 aromatic rings. The normalized spacial score (nSPS) is 16.1. The van der Waals surface area contributed by atoms with Crippen LogP contribution in [0.2, 0.25) is 0 Å². The topological polar surface area (TPSA) is 15.3 Å². The van der Waals surface area contributed by atoms with Crippen LogP contribution in [0.25, 0.3) is 0 Å². The number of rotatable bonds is 3. The second-order valence-electron chi connectivity index (χ2n) is 5.33. The van der Waals surface area contributed by atoms with Gasteiger partial charge in [-0.3, -0.25) is 4.90 Å². The van der Waals surface area contributed by atoms with Crippen LogP contribution in [0.3, 0.4) is 0 Å². The van der Waals surface area contributed by atoms with Crippen molar-refractivity contribution in [1.82, 2.24) is 10.2 Å². The lowest BCUT2D eigenvalue weighted by atomic mass is 10.0. The molecule has 0 aromatic heterocycles. The van der Waals surface area contributed by atoms with Gasteiger partial charge >= 0.3 is 0 Å². The van der Waals surface area contributed by atoms with Gasteiger partial charge in [0.1, 0.15) is 0 Å². The van der Waals surface area contributed by atoms with E-state index in [9.17, 15) is 0 Å². The van der Waals surface area contributed by atoms with Crippen molar-refractivity contribution in [2.75, 3.05) is 20.1 Å². The van der Waals surface area contributed by atoms with Crippen LogP contribution in [-0.2, 0) is 6.54 Å². The van der Waals surface area contributed by atoms with Crippen LogP contribution in [0.15, 0.2) is 18.2 Å². The minimum Gasteiger partial charge on any atom is -0.317 e. The third-order valence-electron chi connectivity index (χ3n) is 3.85. The fourth-order valence-corrected chi connectivity index (χ4v) is 2.67. The number of piperidine rings is 1. The van der Waals surface area contributed by atoms with Crippen LogP contribution in [0, 0.1) is 13.8 Å². The Labute approximate surface area is 119 Å². The zero-order valence-corrected chi connectivity index (χ0v) is 13.3. The summed E-state index contributed by atoms with van der Waals surface area (Å²) in [5.41, 5.74) is 4.25. The molecule has 1 heterocycles. The van der Waals surface area contributed by atoms with E-state index >= 15 is 0 Å². The lowest BCUT2D eigenvalue weighted by Gasteiger charge is -2.32. The third-order valence-corrected chi connectivity index (χ3v) is 3.85. The molecule has 1 aliphatic rings. The van der Waals surface area contributed by atoms with Gasteiger partial charge in [-0.25, -0.2) is 0 Å². The van der Waals surface area contributed by atoms with E-state index in [0.717, 1.165) is 12.6 Å². The van der Waals surface area contributed by atoms with Crippen molar-refractivity contribution < 1.29 is 0 Å². The smallest absolute Gasteiger partial charge is 0.0236 e. The molecule has 19 heavy (non-hydrogen) atoms. The highest BCUT2D eigenvalue weighted by Gasteiger charge is 2.17. The fraction of sp³-hybridized carbons (Fsp3) is 0.647. The number of aryl methyl sites for hydroxylation is 2. The van der Waals surface area contributed by atoms with E-state index in [2.05, 4.69) is 49.3 Å². The minimum atomic E-state index is 0.747. The Balaban J connectivity index is 0.000000861. The first-order valence-electron chi connectivity index (χ1n) is 7.64. The van der Waals surface area contributed by atoms with E-state index in [1.54, 1.807) is 0 Å². The highest BCUT2D eigenvalue weighted by molar-refractivity contribution is 5.30. The van der Waals surface area contributed by atoms with Gasteiger partial charge in [0.05, 0.1) is 0 Å². The molecule has 0 unspecified atom stereocenters. The zero-order valence-electron chi connectivity index (χ0n) is 13.3. The molecule has 0 saturated carbocycles. The van der Waals surface area contributed by atoms with Gasteiger partial charge < -0.3 is 5.32 Å². The zero-order chi connectivity index (χ0) is 14.3. The van der Waals surface area contributed by atoms with Crippen LogP contribution in [0.1, 0.15) is 43.4 Å². The molecule has 1 fully saturated rings. The van der Waals surface area contributed by atoms with Crippen molar-refractivity contribution in [3.8, 4) is 0 Å². The van der Waals surface area contributed by atoms with Crippen molar-refractivity contribution in [2.24, 2.45) is 0 Å². The molecule has 1 saturated heterocycles. The van der Waals surface area contributed by atoms with Crippen molar-refractivity contribution >= 4 is 0 Å². The monoisotopic (exact) mass is 262 g/mol. The number of nitrogens with zero attached hydrogens (tertiary/aromatic N) is 1. The first kappa shape index (κ1) is 16.2. The Morgan fingerprint density at radius 2 is 1.79 bits per heavy atom. The molecule has 0 spiro atoms. The standard InChI is InChI=1S/C15H24N2.C2H6/c1-12-4-5-14(13(2)10-12)11-17(3)15-6-8-16-9-7-15;1-2/h4-5,10,15-16H,6-9,11H2,1-3H3;1-2H3. The van der Waals surface area contributed by atoms with E-state index in [-0.39, 0.29) is 0 Å². The van der Waals surface area contributed by atoms with Crippen LogP contribution in [0.5, 0.6) is 0 Å². The van der Waals surface area contributed by atoms with E-state index in [1.165, 1.54) is 42.6 Å². The number of hydrogen-bond donors (Lipinski definition) is 1. The number of benzene rings is 1. The molecule has 0 atom stereocenters. The van der Waals surface area contributed by atoms with Crippen molar-refractivity contribution in [2.45, 2.75) is 53.1 Å². The molecule has 0 amide bonds. The Kier molecular flexibility index (Phi) is 7.11. The summed E-state index contributed by atoms with van der Waals surface area (Å²) in [6.45, 7) is 11.8. The van der Waals surface area contributed by atoms with E-state index in [0.29, 0.717) is 0 Å². The molecule has 2 rings (SSSR count). The molecule has 1 aliphatic heterocycles. The van der Waals surface area contributed by atoms with E-state index < -0.39 is 0 Å². The molecule has 0 aliphatic carbocycles. The Morgan fingerprint density at radius 3 is 2.37 bits per heavy atom. The molecule has 1 aromatic carbocycles. The lowest BCUT2D eigenvalue weighted by Crippen LogP contribution is -2.40. The van der Waals surface area contributed by atoms with Gasteiger partial charge in [0, 0.05) is 12.6 Å². The van der Waals surface area contributed by atoms with E-state index in [4.69, 9.17) is 0 Å². The third kappa shape index (κ3) is 4.96. The Hall–Kier alpha value is -0.860. The summed E-state index contributed by atoms with van der Waals surface area (Å²) in [4.78, 5) is 2.51. The minimum absolute atomic E-state index is 0.747. The highest BCUT2D eigenvalue weighted by Crippen LogP contribution is 2.17. The van der Waals surface area contributed by atoms with Crippen LogP contribution >= 0.6 is 0 Å². The first-order chi connectivity index (χ1) is 9.16. The van der Waals surface area contributed by atoms with Gasteiger partial charge in [0.2, 0.25) is 0 Å². The molecule has 2 heteroatoms. The molecular formula is C17H30N2. The molecule has 0 bridgehead atoms. The second-order valence-corrected chi connectivity index (χ2v) is 5.33. The van der Waals surface area contributed by atoms with Crippen LogP contribution in [0.4, 0.5) is 0 Å². The van der Waals surface area contributed by atoms with Gasteiger partial charge in [-0.2, -0.15) is 0 Å². The SMILES string of the molecule is CC.Cc1ccc(CN(C)C2CCNCC2)c(C)c1. The van der Waals surface area contributed by atoms with Crippen LogP contribution < -0.4 is 5.32 Å². The van der Waals surface area contributed by atoms with Crippen LogP contribution in [-0.4, -0.2) is 31.1 Å². The number of nitrogens with one attached hydrogen (secondary N) is 1. The summed E-state index contributed by atoms with van der Waals surface area (Å²) >= 11 is 0. The van der Waals surface area contributed by atoms with Crippen molar-refractivity contribution in [1.29, 1.82) is 0 Å². The largest absolute Gasteiger partial charge is 0.317 e. The molecular weight excluding hydrogens is 232 g/mol. The van der Waals surface area contributed by atoms with Gasteiger partial charge in [-0.05, 0) is 58.0 Å². The predicted octanol–water partition coefficient (Wildman–Crippen LogP) is 3.51. The quantitative estimate of drug-likeness (QED) is 0.896. The average Bonchev–Trinajstić information content (AvgIpc) is 2.45. The van der Waals surface area contributed by atoms with Crippen molar-refractivity contribution in [3.63, 3.8) is 0 Å². The molecule has 108 valence electrons.